The minimum atomic E-state index is 0.185. The Labute approximate surface area is 103 Å². The number of hydrogen-bond acceptors (Lipinski definition) is 3. The average molecular weight is 232 g/mol. The molecule has 2 N–H and O–H groups in total. The average Bonchev–Trinajstić information content (AvgIpc) is 2.38. The summed E-state index contributed by atoms with van der Waals surface area (Å²) in [5.41, 5.74) is 1.21. The van der Waals surface area contributed by atoms with Gasteiger partial charge in [-0.05, 0) is 31.4 Å². The first-order valence-electron chi connectivity index (χ1n) is 6.14. The molecule has 0 aromatic heterocycles. The van der Waals surface area contributed by atoms with Gasteiger partial charge in [0.05, 0.1) is 6.07 Å². The quantitative estimate of drug-likeness (QED) is 0.677. The number of hydrogen-bond donors (Lipinski definition) is 2. The zero-order chi connectivity index (χ0) is 12.3. The molecule has 0 radical (unpaired) electrons. The summed E-state index contributed by atoms with van der Waals surface area (Å²) in [6.45, 7) is 1.08. The van der Waals surface area contributed by atoms with E-state index in [2.05, 4.69) is 23.5 Å². The Balaban J connectivity index is 2.37. The van der Waals surface area contributed by atoms with Gasteiger partial charge in [-0.2, -0.15) is 5.26 Å². The summed E-state index contributed by atoms with van der Waals surface area (Å²) in [6.07, 6.45) is 3.28. The van der Waals surface area contributed by atoms with Crippen molar-refractivity contribution in [2.45, 2.75) is 31.7 Å². The third-order valence-corrected chi connectivity index (χ3v) is 2.73. The number of nitrogens with zero attached hydrogens (tertiary/aromatic N) is 1. The third kappa shape index (κ3) is 5.48. The van der Waals surface area contributed by atoms with E-state index in [1.807, 2.05) is 18.2 Å². The van der Waals surface area contributed by atoms with Crippen molar-refractivity contribution >= 4 is 0 Å². The van der Waals surface area contributed by atoms with Crippen LogP contribution in [0.1, 0.15) is 37.3 Å². The molecule has 1 aromatic carbocycles. The molecule has 3 heteroatoms. The first-order valence-corrected chi connectivity index (χ1v) is 6.14. The Bertz CT molecular complexity index is 332. The van der Waals surface area contributed by atoms with Crippen molar-refractivity contribution in [1.29, 1.82) is 5.26 Å². The third-order valence-electron chi connectivity index (χ3n) is 2.73. The molecule has 0 saturated heterocycles. The fourth-order valence-electron chi connectivity index (χ4n) is 1.81. The van der Waals surface area contributed by atoms with Crippen molar-refractivity contribution < 1.29 is 5.11 Å². The highest BCUT2D eigenvalue weighted by molar-refractivity contribution is 5.18. The van der Waals surface area contributed by atoms with Crippen LogP contribution in [0, 0.1) is 11.3 Å². The topological polar surface area (TPSA) is 56.0 Å². The molecule has 3 nitrogen and oxygen atoms in total. The van der Waals surface area contributed by atoms with Crippen LogP contribution in [0.5, 0.6) is 0 Å². The van der Waals surface area contributed by atoms with E-state index in [1.165, 1.54) is 5.56 Å². The Morgan fingerprint density at radius 1 is 1.24 bits per heavy atom. The van der Waals surface area contributed by atoms with E-state index in [-0.39, 0.29) is 12.6 Å². The molecule has 0 aliphatic carbocycles. The fraction of sp³-hybridized carbons (Fsp3) is 0.500. The van der Waals surface area contributed by atoms with Crippen molar-refractivity contribution in [1.82, 2.24) is 5.32 Å². The number of aliphatic hydroxyl groups excluding tert-OH is 1. The van der Waals surface area contributed by atoms with Gasteiger partial charge in [0.25, 0.3) is 0 Å². The molecule has 0 aliphatic rings. The summed E-state index contributed by atoms with van der Waals surface area (Å²) >= 11 is 0. The highest BCUT2D eigenvalue weighted by Crippen LogP contribution is 2.15. The number of nitrogens with one attached hydrogen (secondary N) is 1. The van der Waals surface area contributed by atoms with Crippen LogP contribution in [0.4, 0.5) is 0 Å². The van der Waals surface area contributed by atoms with Gasteiger partial charge in [0, 0.05) is 19.1 Å². The van der Waals surface area contributed by atoms with E-state index in [4.69, 9.17) is 10.4 Å². The van der Waals surface area contributed by atoms with Gasteiger partial charge in [0.1, 0.15) is 0 Å². The first kappa shape index (κ1) is 13.7. The number of benzene rings is 1. The van der Waals surface area contributed by atoms with Gasteiger partial charge in [0.2, 0.25) is 0 Å². The second-order valence-electron chi connectivity index (χ2n) is 4.04. The number of unbranched alkanes of at least 4 members (excludes halogenated alkanes) is 2. The minimum Gasteiger partial charge on any atom is -0.396 e. The summed E-state index contributed by atoms with van der Waals surface area (Å²) in [6, 6.07) is 12.5. The fourth-order valence-corrected chi connectivity index (χ4v) is 1.81. The maximum atomic E-state index is 9.06. The van der Waals surface area contributed by atoms with Gasteiger partial charge in [0.15, 0.2) is 0 Å². The largest absolute Gasteiger partial charge is 0.396 e. The zero-order valence-electron chi connectivity index (χ0n) is 10.1. The van der Waals surface area contributed by atoms with Crippen molar-refractivity contribution in [3.63, 3.8) is 0 Å². The summed E-state index contributed by atoms with van der Waals surface area (Å²) in [4.78, 5) is 0. The predicted molar refractivity (Wildman–Crippen MR) is 68.4 cm³/mol. The monoisotopic (exact) mass is 232 g/mol. The normalized spacial score (nSPS) is 12.0. The molecule has 1 rings (SSSR count). The van der Waals surface area contributed by atoms with Crippen molar-refractivity contribution in [2.75, 3.05) is 13.2 Å². The van der Waals surface area contributed by atoms with E-state index in [0.29, 0.717) is 6.42 Å². The summed E-state index contributed by atoms with van der Waals surface area (Å²) < 4.78 is 0. The molecule has 0 heterocycles. The second-order valence-corrected chi connectivity index (χ2v) is 4.04. The van der Waals surface area contributed by atoms with Crippen LogP contribution < -0.4 is 5.32 Å². The number of aliphatic hydroxyl groups is 1. The first-order chi connectivity index (χ1) is 8.38. The van der Waals surface area contributed by atoms with Crippen LogP contribution in [-0.4, -0.2) is 18.3 Å². The molecular formula is C14H20N2O. The Morgan fingerprint density at radius 2 is 2.00 bits per heavy atom. The van der Waals surface area contributed by atoms with Crippen LogP contribution >= 0.6 is 0 Å². The lowest BCUT2D eigenvalue weighted by molar-refractivity contribution is 0.265. The summed E-state index contributed by atoms with van der Waals surface area (Å²) in [7, 11) is 0. The van der Waals surface area contributed by atoms with Crippen LogP contribution in [0.25, 0.3) is 0 Å². The van der Waals surface area contributed by atoms with Gasteiger partial charge in [-0.1, -0.05) is 30.3 Å². The van der Waals surface area contributed by atoms with Gasteiger partial charge in [-0.15, -0.1) is 0 Å². The van der Waals surface area contributed by atoms with Crippen molar-refractivity contribution in [3.8, 4) is 6.07 Å². The van der Waals surface area contributed by atoms with E-state index >= 15 is 0 Å². The lowest BCUT2D eigenvalue weighted by Crippen LogP contribution is -2.23. The van der Waals surface area contributed by atoms with E-state index in [1.54, 1.807) is 0 Å². The van der Waals surface area contributed by atoms with Gasteiger partial charge < -0.3 is 10.4 Å². The molecule has 1 aromatic rings. The molecule has 0 saturated carbocycles. The molecule has 0 amide bonds. The second kappa shape index (κ2) is 8.74. The Hall–Kier alpha value is -1.37. The molecule has 1 atom stereocenters. The molecule has 1 unspecified atom stereocenters. The highest BCUT2D eigenvalue weighted by Gasteiger charge is 2.08. The SMILES string of the molecule is N#CCCCCNC(CCO)c1ccccc1. The zero-order valence-corrected chi connectivity index (χ0v) is 10.1. The van der Waals surface area contributed by atoms with Gasteiger partial charge >= 0.3 is 0 Å². The standard InChI is InChI=1S/C14H20N2O/c15-10-5-2-6-11-16-14(9-12-17)13-7-3-1-4-8-13/h1,3-4,7-8,14,16-17H,2,5-6,9,11-12H2. The minimum absolute atomic E-state index is 0.185. The van der Waals surface area contributed by atoms with Gasteiger partial charge in [-0.3, -0.25) is 0 Å². The molecule has 0 spiro atoms. The molecule has 17 heavy (non-hydrogen) atoms. The lowest BCUT2D eigenvalue weighted by Gasteiger charge is -2.18. The van der Waals surface area contributed by atoms with Crippen molar-refractivity contribution in [2.24, 2.45) is 0 Å². The van der Waals surface area contributed by atoms with Crippen LogP contribution in [0.2, 0.25) is 0 Å². The highest BCUT2D eigenvalue weighted by atomic mass is 16.3. The Kier molecular flexibility index (Phi) is 7.04. The summed E-state index contributed by atoms with van der Waals surface area (Å²) in [5.74, 6) is 0. The maximum Gasteiger partial charge on any atom is 0.0621 e. The lowest BCUT2D eigenvalue weighted by atomic mass is 10.0. The van der Waals surface area contributed by atoms with Crippen LogP contribution in [-0.2, 0) is 0 Å². The van der Waals surface area contributed by atoms with Crippen LogP contribution in [0.3, 0.4) is 0 Å². The Morgan fingerprint density at radius 3 is 2.65 bits per heavy atom. The van der Waals surface area contributed by atoms with Crippen molar-refractivity contribution in [3.05, 3.63) is 35.9 Å². The molecular weight excluding hydrogens is 212 g/mol. The summed E-state index contributed by atoms with van der Waals surface area (Å²) in [5, 5.41) is 20.9. The molecule has 0 aliphatic heterocycles. The predicted octanol–water partition coefficient (Wildman–Crippen LogP) is 2.39. The number of rotatable bonds is 8. The van der Waals surface area contributed by atoms with E-state index in [9.17, 15) is 0 Å². The molecule has 0 bridgehead atoms. The van der Waals surface area contributed by atoms with Crippen LogP contribution in [0.15, 0.2) is 30.3 Å². The maximum absolute atomic E-state index is 9.06. The number of nitriles is 1. The van der Waals surface area contributed by atoms with E-state index in [0.717, 1.165) is 25.8 Å². The smallest absolute Gasteiger partial charge is 0.0621 e. The van der Waals surface area contributed by atoms with Gasteiger partial charge in [-0.25, -0.2) is 0 Å². The molecule has 92 valence electrons. The van der Waals surface area contributed by atoms with E-state index < -0.39 is 0 Å². The molecule has 0 fully saturated rings.